The number of hydrogen-bond acceptors (Lipinski definition) is 5. The second kappa shape index (κ2) is 9.92. The van der Waals surface area contributed by atoms with Gasteiger partial charge in [-0.1, -0.05) is 71.4 Å². The van der Waals surface area contributed by atoms with Crippen LogP contribution >= 0.6 is 11.8 Å². The molecule has 1 unspecified atom stereocenters. The fraction of sp³-hybridized carbons (Fsp3) is 0.192. The molecule has 33 heavy (non-hydrogen) atoms. The number of anilines is 1. The molecule has 0 aliphatic carbocycles. The molecule has 0 bridgehead atoms. The van der Waals surface area contributed by atoms with E-state index in [9.17, 15) is 4.79 Å². The molecule has 7 heteroatoms. The summed E-state index contributed by atoms with van der Waals surface area (Å²) < 4.78 is 7.35. The number of amides is 1. The van der Waals surface area contributed by atoms with Gasteiger partial charge in [0.05, 0.1) is 18.0 Å². The molecule has 168 valence electrons. The molecule has 0 aliphatic heterocycles. The van der Waals surface area contributed by atoms with Crippen LogP contribution in [-0.2, 0) is 4.79 Å². The number of thioether (sulfide) groups is 1. The largest absolute Gasteiger partial charge is 0.495 e. The lowest BCUT2D eigenvalue weighted by Crippen LogP contribution is -2.23. The summed E-state index contributed by atoms with van der Waals surface area (Å²) in [6, 6.07) is 23.7. The summed E-state index contributed by atoms with van der Waals surface area (Å²) >= 11 is 1.37. The Morgan fingerprint density at radius 3 is 2.24 bits per heavy atom. The Balaban J connectivity index is 1.65. The number of rotatable bonds is 7. The fourth-order valence-corrected chi connectivity index (χ4v) is 4.22. The number of benzene rings is 3. The maximum atomic E-state index is 12.9. The van der Waals surface area contributed by atoms with Gasteiger partial charge in [0.25, 0.3) is 0 Å². The van der Waals surface area contributed by atoms with Crippen molar-refractivity contribution in [2.45, 2.75) is 31.2 Å². The van der Waals surface area contributed by atoms with E-state index in [1.165, 1.54) is 22.9 Å². The van der Waals surface area contributed by atoms with Gasteiger partial charge in [-0.2, -0.15) is 0 Å². The minimum absolute atomic E-state index is 0.139. The zero-order chi connectivity index (χ0) is 23.4. The van der Waals surface area contributed by atoms with Gasteiger partial charge in [-0.15, -0.1) is 10.2 Å². The van der Waals surface area contributed by atoms with E-state index < -0.39 is 5.25 Å². The first-order valence-corrected chi connectivity index (χ1v) is 11.5. The second-order valence-corrected chi connectivity index (χ2v) is 9.10. The van der Waals surface area contributed by atoms with E-state index >= 15 is 0 Å². The minimum Gasteiger partial charge on any atom is -0.495 e. The minimum atomic E-state index is -0.408. The summed E-state index contributed by atoms with van der Waals surface area (Å²) in [4.78, 5) is 12.9. The van der Waals surface area contributed by atoms with Crippen LogP contribution in [0.25, 0.3) is 17.1 Å². The number of methoxy groups -OCH3 is 1. The summed E-state index contributed by atoms with van der Waals surface area (Å²) in [7, 11) is 1.58. The van der Waals surface area contributed by atoms with E-state index in [1.807, 2.05) is 60.0 Å². The van der Waals surface area contributed by atoms with Crippen molar-refractivity contribution >= 4 is 23.4 Å². The Hall–Kier alpha value is -3.58. The van der Waals surface area contributed by atoms with Crippen LogP contribution in [0.1, 0.15) is 18.1 Å². The summed E-state index contributed by atoms with van der Waals surface area (Å²) in [5.74, 6) is 1.21. The first-order valence-electron chi connectivity index (χ1n) is 10.7. The smallest absolute Gasteiger partial charge is 0.237 e. The van der Waals surface area contributed by atoms with E-state index in [0.29, 0.717) is 16.6 Å². The highest BCUT2D eigenvalue weighted by Gasteiger charge is 2.22. The molecule has 0 saturated heterocycles. The van der Waals surface area contributed by atoms with Crippen molar-refractivity contribution in [2.75, 3.05) is 12.4 Å². The van der Waals surface area contributed by atoms with E-state index in [4.69, 9.17) is 4.74 Å². The van der Waals surface area contributed by atoms with Gasteiger partial charge >= 0.3 is 0 Å². The number of aromatic nitrogens is 3. The molecule has 1 aromatic heterocycles. The van der Waals surface area contributed by atoms with Gasteiger partial charge in [0.1, 0.15) is 5.75 Å². The lowest BCUT2D eigenvalue weighted by molar-refractivity contribution is -0.115. The molecule has 1 amide bonds. The van der Waals surface area contributed by atoms with Crippen LogP contribution in [0.4, 0.5) is 5.69 Å². The van der Waals surface area contributed by atoms with Gasteiger partial charge < -0.3 is 10.1 Å². The Labute approximate surface area is 198 Å². The Kier molecular flexibility index (Phi) is 6.79. The molecule has 1 N–H and O–H groups in total. The van der Waals surface area contributed by atoms with Crippen LogP contribution in [0.3, 0.4) is 0 Å². The Bertz CT molecular complexity index is 1250. The van der Waals surface area contributed by atoms with Crippen LogP contribution in [0.2, 0.25) is 0 Å². The number of ether oxygens (including phenoxy) is 1. The predicted molar refractivity (Wildman–Crippen MR) is 133 cm³/mol. The summed E-state index contributed by atoms with van der Waals surface area (Å²) in [5, 5.41) is 12.1. The van der Waals surface area contributed by atoms with Crippen LogP contribution < -0.4 is 10.1 Å². The number of carbonyl (C=O) groups is 1. The average Bonchev–Trinajstić information content (AvgIpc) is 3.23. The van der Waals surface area contributed by atoms with Gasteiger partial charge in [-0.05, 0) is 45.0 Å². The molecule has 4 aromatic rings. The third-order valence-electron chi connectivity index (χ3n) is 5.25. The number of hydrogen-bond donors (Lipinski definition) is 1. The Morgan fingerprint density at radius 2 is 1.58 bits per heavy atom. The maximum Gasteiger partial charge on any atom is 0.237 e. The number of carbonyl (C=O) groups excluding carboxylic acids is 1. The number of nitrogens with zero attached hydrogens (tertiary/aromatic N) is 3. The molecule has 0 spiro atoms. The van der Waals surface area contributed by atoms with Gasteiger partial charge in [0.15, 0.2) is 11.0 Å². The molecule has 4 rings (SSSR count). The third-order valence-corrected chi connectivity index (χ3v) is 6.29. The van der Waals surface area contributed by atoms with Crippen LogP contribution in [0.15, 0.2) is 78.0 Å². The first kappa shape index (κ1) is 22.6. The molecule has 0 aliphatic rings. The normalized spacial score (nSPS) is 11.8. The van der Waals surface area contributed by atoms with Gasteiger partial charge in [0, 0.05) is 11.3 Å². The second-order valence-electron chi connectivity index (χ2n) is 7.79. The molecule has 1 atom stereocenters. The van der Waals surface area contributed by atoms with Crippen molar-refractivity contribution in [2.24, 2.45) is 0 Å². The van der Waals surface area contributed by atoms with Crippen molar-refractivity contribution in [3.63, 3.8) is 0 Å². The van der Waals surface area contributed by atoms with E-state index in [1.54, 1.807) is 7.11 Å². The molecular weight excluding hydrogens is 432 g/mol. The molecule has 0 saturated carbocycles. The molecule has 0 fully saturated rings. The zero-order valence-electron chi connectivity index (χ0n) is 19.1. The summed E-state index contributed by atoms with van der Waals surface area (Å²) in [5.41, 5.74) is 4.89. The van der Waals surface area contributed by atoms with Gasteiger partial charge in [0.2, 0.25) is 5.91 Å². The average molecular weight is 459 g/mol. The van der Waals surface area contributed by atoms with E-state index in [0.717, 1.165) is 17.1 Å². The molecule has 6 nitrogen and oxygen atoms in total. The van der Waals surface area contributed by atoms with Crippen molar-refractivity contribution in [3.8, 4) is 22.8 Å². The highest BCUT2D eigenvalue weighted by atomic mass is 32.2. The van der Waals surface area contributed by atoms with Gasteiger partial charge in [-0.25, -0.2) is 0 Å². The van der Waals surface area contributed by atoms with E-state index in [2.05, 4.69) is 53.6 Å². The summed E-state index contributed by atoms with van der Waals surface area (Å²) in [6.07, 6.45) is 0. The van der Waals surface area contributed by atoms with Gasteiger partial charge in [-0.3, -0.25) is 9.36 Å². The van der Waals surface area contributed by atoms with Crippen LogP contribution in [-0.4, -0.2) is 33.0 Å². The van der Waals surface area contributed by atoms with Crippen molar-refractivity contribution in [1.82, 2.24) is 14.8 Å². The molecule has 0 radical (unpaired) electrons. The predicted octanol–water partition coefficient (Wildman–Crippen LogP) is 5.68. The third kappa shape index (κ3) is 5.09. The topological polar surface area (TPSA) is 69.0 Å². The number of nitrogens with one attached hydrogen (secondary N) is 1. The number of aryl methyl sites for hydroxylation is 2. The standard InChI is InChI=1S/C26H26N4O2S/c1-17-9-13-20(14-10-17)24-28-29-26(30(24)21-15-11-18(2)12-16-21)33-19(3)25(31)27-22-7-5-6-8-23(22)32-4/h5-16,19H,1-4H3,(H,27,31). The highest BCUT2D eigenvalue weighted by Crippen LogP contribution is 2.31. The lowest BCUT2D eigenvalue weighted by atomic mass is 10.1. The summed E-state index contributed by atoms with van der Waals surface area (Å²) in [6.45, 7) is 5.96. The fourth-order valence-electron chi connectivity index (χ4n) is 3.36. The highest BCUT2D eigenvalue weighted by molar-refractivity contribution is 8.00. The van der Waals surface area contributed by atoms with Crippen LogP contribution in [0, 0.1) is 13.8 Å². The van der Waals surface area contributed by atoms with Crippen LogP contribution in [0.5, 0.6) is 5.75 Å². The quantitative estimate of drug-likeness (QED) is 0.361. The zero-order valence-corrected chi connectivity index (χ0v) is 19.9. The van der Waals surface area contributed by atoms with E-state index in [-0.39, 0.29) is 5.91 Å². The van der Waals surface area contributed by atoms with Crippen molar-refractivity contribution in [3.05, 3.63) is 83.9 Å². The Morgan fingerprint density at radius 1 is 0.939 bits per heavy atom. The molecular formula is C26H26N4O2S. The number of para-hydroxylation sites is 2. The SMILES string of the molecule is COc1ccccc1NC(=O)C(C)Sc1nnc(-c2ccc(C)cc2)n1-c1ccc(C)cc1. The monoisotopic (exact) mass is 458 g/mol. The first-order chi connectivity index (χ1) is 16.0. The maximum absolute atomic E-state index is 12.9. The van der Waals surface area contributed by atoms with Crippen molar-refractivity contribution in [1.29, 1.82) is 0 Å². The van der Waals surface area contributed by atoms with Crippen molar-refractivity contribution < 1.29 is 9.53 Å². The molecule has 3 aromatic carbocycles. The lowest BCUT2D eigenvalue weighted by Gasteiger charge is -2.15. The molecule has 1 heterocycles.